The predicted octanol–water partition coefficient (Wildman–Crippen LogP) is 3.08. The van der Waals surface area contributed by atoms with E-state index in [1.807, 2.05) is 6.92 Å². The van der Waals surface area contributed by atoms with E-state index >= 15 is 0 Å². The predicted molar refractivity (Wildman–Crippen MR) is 79.8 cm³/mol. The normalized spacial score (nSPS) is 10.6. The Balaban J connectivity index is 2.50. The van der Waals surface area contributed by atoms with Gasteiger partial charge >= 0.3 is 5.97 Å². The third-order valence-corrected chi connectivity index (χ3v) is 2.96. The van der Waals surface area contributed by atoms with Gasteiger partial charge in [-0.05, 0) is 24.6 Å². The first-order valence-electron chi connectivity index (χ1n) is 6.10. The minimum Gasteiger partial charge on any atom is -0.452 e. The maximum atomic E-state index is 11.4. The first kappa shape index (κ1) is 16.5. The average Bonchev–Trinajstić information content (AvgIpc) is 2.42. The van der Waals surface area contributed by atoms with Crippen molar-refractivity contribution in [1.82, 2.24) is 5.32 Å². The molecule has 0 atom stereocenters. The van der Waals surface area contributed by atoms with Crippen LogP contribution < -0.4 is 5.32 Å². The zero-order valence-corrected chi connectivity index (χ0v) is 12.5. The molecule has 1 aromatic carbocycles. The maximum Gasteiger partial charge on any atom is 0.331 e. The van der Waals surface area contributed by atoms with E-state index in [0.29, 0.717) is 22.2 Å². The highest BCUT2D eigenvalue weighted by Gasteiger charge is 2.05. The highest BCUT2D eigenvalue weighted by molar-refractivity contribution is 6.37. The highest BCUT2D eigenvalue weighted by atomic mass is 35.5. The van der Waals surface area contributed by atoms with E-state index in [0.717, 1.165) is 6.42 Å². The summed E-state index contributed by atoms with van der Waals surface area (Å²) in [4.78, 5) is 22.7. The van der Waals surface area contributed by atoms with E-state index in [4.69, 9.17) is 27.9 Å². The van der Waals surface area contributed by atoms with E-state index in [-0.39, 0.29) is 12.5 Å². The Morgan fingerprint density at radius 3 is 2.55 bits per heavy atom. The topological polar surface area (TPSA) is 55.4 Å². The second kappa shape index (κ2) is 8.61. The van der Waals surface area contributed by atoms with E-state index in [1.54, 1.807) is 18.2 Å². The summed E-state index contributed by atoms with van der Waals surface area (Å²) in [5, 5.41) is 3.46. The van der Waals surface area contributed by atoms with E-state index < -0.39 is 5.97 Å². The van der Waals surface area contributed by atoms with Crippen molar-refractivity contribution in [2.75, 3.05) is 13.2 Å². The smallest absolute Gasteiger partial charge is 0.331 e. The van der Waals surface area contributed by atoms with E-state index in [1.165, 1.54) is 12.2 Å². The molecule has 0 aliphatic rings. The summed E-state index contributed by atoms with van der Waals surface area (Å²) in [6.07, 6.45) is 3.46. The molecule has 108 valence electrons. The minimum absolute atomic E-state index is 0.306. The quantitative estimate of drug-likeness (QED) is 0.648. The molecule has 0 aliphatic heterocycles. The Kier molecular flexibility index (Phi) is 7.12. The van der Waals surface area contributed by atoms with Gasteiger partial charge in [-0.25, -0.2) is 4.79 Å². The summed E-state index contributed by atoms with van der Waals surface area (Å²) in [5.41, 5.74) is 0.531. The van der Waals surface area contributed by atoms with Crippen molar-refractivity contribution in [1.29, 1.82) is 0 Å². The molecule has 4 nitrogen and oxygen atoms in total. The fraction of sp³-hybridized carbons (Fsp3) is 0.286. The minimum atomic E-state index is -0.632. The zero-order chi connectivity index (χ0) is 15.0. The fourth-order valence-electron chi connectivity index (χ4n) is 1.32. The van der Waals surface area contributed by atoms with Crippen molar-refractivity contribution in [3.63, 3.8) is 0 Å². The van der Waals surface area contributed by atoms with Crippen LogP contribution in [0.3, 0.4) is 0 Å². The Morgan fingerprint density at radius 2 is 1.95 bits per heavy atom. The molecule has 1 amide bonds. The molecule has 6 heteroatoms. The molecule has 20 heavy (non-hydrogen) atoms. The summed E-state index contributed by atoms with van der Waals surface area (Å²) >= 11 is 11.9. The van der Waals surface area contributed by atoms with Crippen molar-refractivity contribution in [2.45, 2.75) is 13.3 Å². The van der Waals surface area contributed by atoms with Gasteiger partial charge in [0.15, 0.2) is 6.61 Å². The van der Waals surface area contributed by atoms with Gasteiger partial charge in [0.05, 0.1) is 0 Å². The molecule has 0 aromatic heterocycles. The number of rotatable bonds is 6. The van der Waals surface area contributed by atoms with Crippen molar-refractivity contribution >= 4 is 41.2 Å². The molecule has 0 aliphatic carbocycles. The third kappa shape index (κ3) is 5.63. The highest BCUT2D eigenvalue weighted by Crippen LogP contribution is 2.25. The Bertz CT molecular complexity index is 495. The number of esters is 1. The van der Waals surface area contributed by atoms with Gasteiger partial charge in [0.1, 0.15) is 0 Å². The maximum absolute atomic E-state index is 11.4. The van der Waals surface area contributed by atoms with Crippen LogP contribution in [0.1, 0.15) is 18.9 Å². The molecule has 1 aromatic rings. The lowest BCUT2D eigenvalue weighted by Crippen LogP contribution is -2.28. The number of halogens is 2. The first-order valence-corrected chi connectivity index (χ1v) is 6.85. The molecular formula is C14H15Cl2NO3. The lowest BCUT2D eigenvalue weighted by Gasteiger charge is -2.04. The molecule has 1 rings (SSSR count). The number of carbonyl (C=O) groups is 2. The van der Waals surface area contributed by atoms with Crippen LogP contribution >= 0.6 is 23.2 Å². The van der Waals surface area contributed by atoms with Crippen LogP contribution in [-0.4, -0.2) is 25.0 Å². The largest absolute Gasteiger partial charge is 0.452 e. The van der Waals surface area contributed by atoms with Gasteiger partial charge in [-0.3, -0.25) is 4.79 Å². The lowest BCUT2D eigenvalue weighted by atomic mass is 10.2. The van der Waals surface area contributed by atoms with Gasteiger partial charge in [0.2, 0.25) is 0 Å². The SMILES string of the molecule is CCCNC(=O)COC(=O)/C=C/c1c(Cl)cccc1Cl. The van der Waals surface area contributed by atoms with Gasteiger partial charge in [-0.1, -0.05) is 36.2 Å². The number of hydrogen-bond acceptors (Lipinski definition) is 3. The molecule has 0 unspecified atom stereocenters. The molecule has 1 N–H and O–H groups in total. The second-order valence-electron chi connectivity index (χ2n) is 3.93. The van der Waals surface area contributed by atoms with Crippen LogP contribution in [0.5, 0.6) is 0 Å². The lowest BCUT2D eigenvalue weighted by molar-refractivity contribution is -0.143. The van der Waals surface area contributed by atoms with Crippen LogP contribution in [0, 0.1) is 0 Å². The Hall–Kier alpha value is -1.52. The van der Waals surface area contributed by atoms with Gasteiger partial charge < -0.3 is 10.1 Å². The van der Waals surface area contributed by atoms with Crippen molar-refractivity contribution in [2.24, 2.45) is 0 Å². The second-order valence-corrected chi connectivity index (χ2v) is 4.74. The Morgan fingerprint density at radius 1 is 1.30 bits per heavy atom. The number of nitrogens with one attached hydrogen (secondary N) is 1. The van der Waals surface area contributed by atoms with E-state index in [2.05, 4.69) is 5.32 Å². The Labute approximate surface area is 127 Å². The van der Waals surface area contributed by atoms with Gasteiger partial charge in [0.25, 0.3) is 5.91 Å². The van der Waals surface area contributed by atoms with Crippen LogP contribution in [0.25, 0.3) is 6.08 Å². The van der Waals surface area contributed by atoms with Gasteiger partial charge in [-0.15, -0.1) is 0 Å². The molecular weight excluding hydrogens is 301 g/mol. The molecule has 0 radical (unpaired) electrons. The van der Waals surface area contributed by atoms with Crippen molar-refractivity contribution in [3.8, 4) is 0 Å². The summed E-state index contributed by atoms with van der Waals surface area (Å²) < 4.78 is 4.78. The number of hydrogen-bond donors (Lipinski definition) is 1. The molecule has 0 heterocycles. The molecule has 0 fully saturated rings. The van der Waals surface area contributed by atoms with Crippen LogP contribution in [-0.2, 0) is 14.3 Å². The van der Waals surface area contributed by atoms with Crippen LogP contribution in [0.2, 0.25) is 10.0 Å². The molecule has 0 saturated carbocycles. The number of carbonyl (C=O) groups excluding carboxylic acids is 2. The zero-order valence-electron chi connectivity index (χ0n) is 11.0. The van der Waals surface area contributed by atoms with E-state index in [9.17, 15) is 9.59 Å². The summed E-state index contributed by atoms with van der Waals surface area (Å²) in [6, 6.07) is 5.03. The average molecular weight is 316 g/mol. The monoisotopic (exact) mass is 315 g/mol. The first-order chi connectivity index (χ1) is 9.54. The van der Waals surface area contributed by atoms with Crippen LogP contribution in [0.15, 0.2) is 24.3 Å². The van der Waals surface area contributed by atoms with Crippen molar-refractivity contribution < 1.29 is 14.3 Å². The molecule has 0 spiro atoms. The number of benzene rings is 1. The van der Waals surface area contributed by atoms with Crippen LogP contribution in [0.4, 0.5) is 0 Å². The van der Waals surface area contributed by atoms with Crippen molar-refractivity contribution in [3.05, 3.63) is 39.9 Å². The van der Waals surface area contributed by atoms with Gasteiger partial charge in [-0.2, -0.15) is 0 Å². The summed E-state index contributed by atoms with van der Waals surface area (Å²) in [6.45, 7) is 2.18. The number of amides is 1. The summed E-state index contributed by atoms with van der Waals surface area (Å²) in [5.74, 6) is -0.961. The van der Waals surface area contributed by atoms with Gasteiger partial charge in [0, 0.05) is 28.2 Å². The fourth-order valence-corrected chi connectivity index (χ4v) is 1.84. The standard InChI is InChI=1S/C14H15Cl2NO3/c1-2-8-17-13(18)9-20-14(19)7-6-10-11(15)4-3-5-12(10)16/h3-7H,2,8-9H2,1H3,(H,17,18)/b7-6+. The summed E-state index contributed by atoms with van der Waals surface area (Å²) in [7, 11) is 0. The number of ether oxygens (including phenoxy) is 1. The third-order valence-electron chi connectivity index (χ3n) is 2.30. The molecule has 0 bridgehead atoms. The molecule has 0 saturated heterocycles.